The highest BCUT2D eigenvalue weighted by molar-refractivity contribution is 9.10. The SMILES string of the molecule is CN(C)c1cccc(NC(=O)C2CCC(n3c(=O)[nH]c4c(Br)cccc43)CC2)c1. The lowest BCUT2D eigenvalue weighted by Crippen LogP contribution is -2.31. The minimum atomic E-state index is -0.0831. The monoisotopic (exact) mass is 456 g/mol. The molecule has 29 heavy (non-hydrogen) atoms. The smallest absolute Gasteiger partial charge is 0.326 e. The Morgan fingerprint density at radius 2 is 1.86 bits per heavy atom. The minimum Gasteiger partial charge on any atom is -0.378 e. The van der Waals surface area contributed by atoms with E-state index in [1.807, 2.05) is 66.0 Å². The number of rotatable bonds is 4. The van der Waals surface area contributed by atoms with E-state index < -0.39 is 0 Å². The number of fused-ring (bicyclic) bond motifs is 1. The molecular formula is C22H25BrN4O2. The number of hydrogen-bond acceptors (Lipinski definition) is 3. The number of para-hydroxylation sites is 1. The second kappa shape index (κ2) is 8.06. The number of H-pyrrole nitrogens is 1. The predicted octanol–water partition coefficient (Wildman–Crippen LogP) is 4.53. The minimum absolute atomic E-state index is 0.0260. The lowest BCUT2D eigenvalue weighted by atomic mass is 9.85. The van der Waals surface area contributed by atoms with Gasteiger partial charge < -0.3 is 15.2 Å². The number of halogens is 1. The number of amides is 1. The Balaban J connectivity index is 1.44. The highest BCUT2D eigenvalue weighted by Gasteiger charge is 2.29. The molecule has 1 saturated carbocycles. The van der Waals surface area contributed by atoms with Gasteiger partial charge in [0.15, 0.2) is 0 Å². The Labute approximate surface area is 178 Å². The zero-order valence-corrected chi connectivity index (χ0v) is 18.2. The van der Waals surface area contributed by atoms with Crippen LogP contribution in [0.1, 0.15) is 31.7 Å². The Bertz CT molecular complexity index is 1090. The van der Waals surface area contributed by atoms with Gasteiger partial charge in [0.1, 0.15) is 0 Å². The molecule has 2 N–H and O–H groups in total. The maximum Gasteiger partial charge on any atom is 0.326 e. The van der Waals surface area contributed by atoms with E-state index in [4.69, 9.17) is 0 Å². The van der Waals surface area contributed by atoms with Crippen LogP contribution in [0.15, 0.2) is 51.7 Å². The quantitative estimate of drug-likeness (QED) is 0.605. The number of imidazole rings is 1. The highest BCUT2D eigenvalue weighted by Crippen LogP contribution is 2.34. The third kappa shape index (κ3) is 3.96. The van der Waals surface area contributed by atoms with Crippen LogP contribution in [-0.4, -0.2) is 29.6 Å². The molecule has 0 aliphatic heterocycles. The summed E-state index contributed by atoms with van der Waals surface area (Å²) < 4.78 is 2.74. The van der Waals surface area contributed by atoms with E-state index in [2.05, 4.69) is 26.2 Å². The molecule has 1 fully saturated rings. The van der Waals surface area contributed by atoms with Crippen LogP contribution in [0.4, 0.5) is 11.4 Å². The molecule has 1 aromatic heterocycles. The topological polar surface area (TPSA) is 70.1 Å². The predicted molar refractivity (Wildman–Crippen MR) is 121 cm³/mol. The van der Waals surface area contributed by atoms with Crippen LogP contribution >= 0.6 is 15.9 Å². The third-order valence-corrected chi connectivity index (χ3v) is 6.43. The number of carbonyl (C=O) groups is 1. The zero-order chi connectivity index (χ0) is 20.5. The summed E-state index contributed by atoms with van der Waals surface area (Å²) in [6.07, 6.45) is 3.18. The van der Waals surface area contributed by atoms with E-state index in [0.29, 0.717) is 0 Å². The van der Waals surface area contributed by atoms with E-state index in [9.17, 15) is 9.59 Å². The van der Waals surface area contributed by atoms with Crippen LogP contribution in [0.2, 0.25) is 0 Å². The second-order valence-corrected chi connectivity index (χ2v) is 8.73. The molecule has 0 saturated heterocycles. The summed E-state index contributed by atoms with van der Waals surface area (Å²) >= 11 is 3.50. The van der Waals surface area contributed by atoms with Gasteiger partial charge in [-0.05, 0) is 71.9 Å². The third-order valence-electron chi connectivity index (χ3n) is 5.76. The summed E-state index contributed by atoms with van der Waals surface area (Å²) in [7, 11) is 3.96. The Morgan fingerprint density at radius 3 is 2.59 bits per heavy atom. The molecule has 1 heterocycles. The van der Waals surface area contributed by atoms with E-state index >= 15 is 0 Å². The van der Waals surface area contributed by atoms with Crippen molar-refractivity contribution in [2.45, 2.75) is 31.7 Å². The normalized spacial score (nSPS) is 19.3. The van der Waals surface area contributed by atoms with Crippen LogP contribution in [0.3, 0.4) is 0 Å². The molecule has 0 spiro atoms. The number of nitrogens with one attached hydrogen (secondary N) is 2. The maximum atomic E-state index is 12.8. The van der Waals surface area contributed by atoms with Gasteiger partial charge in [0.2, 0.25) is 5.91 Å². The molecule has 0 unspecified atom stereocenters. The van der Waals surface area contributed by atoms with Crippen molar-refractivity contribution in [1.82, 2.24) is 9.55 Å². The fraction of sp³-hybridized carbons (Fsp3) is 0.364. The fourth-order valence-corrected chi connectivity index (χ4v) is 4.63. The molecule has 1 amide bonds. The standard InChI is InChI=1S/C22H25BrN4O2/c1-26(2)17-6-3-5-15(13-17)24-21(28)14-9-11-16(12-10-14)27-19-8-4-7-18(23)20(19)25-22(27)29/h3-8,13-14,16H,9-12H2,1-2H3,(H,24,28)(H,25,29). The van der Waals surface area contributed by atoms with Gasteiger partial charge in [-0.25, -0.2) is 4.79 Å². The van der Waals surface area contributed by atoms with Gasteiger partial charge in [-0.15, -0.1) is 0 Å². The van der Waals surface area contributed by atoms with Crippen molar-refractivity contribution in [1.29, 1.82) is 0 Å². The molecule has 152 valence electrons. The number of aromatic amines is 1. The van der Waals surface area contributed by atoms with E-state index in [1.165, 1.54) is 0 Å². The molecule has 6 nitrogen and oxygen atoms in total. The molecular weight excluding hydrogens is 432 g/mol. The Kier molecular flexibility index (Phi) is 5.50. The Morgan fingerprint density at radius 1 is 1.14 bits per heavy atom. The maximum absolute atomic E-state index is 12.8. The highest BCUT2D eigenvalue weighted by atomic mass is 79.9. The van der Waals surface area contributed by atoms with Crippen LogP contribution < -0.4 is 15.9 Å². The number of nitrogens with zero attached hydrogens (tertiary/aromatic N) is 2. The summed E-state index contributed by atoms with van der Waals surface area (Å²) in [6, 6.07) is 13.8. The van der Waals surface area contributed by atoms with Crippen LogP contribution in [-0.2, 0) is 4.79 Å². The van der Waals surface area contributed by atoms with E-state index in [1.54, 1.807) is 0 Å². The molecule has 3 aromatic rings. The molecule has 0 atom stereocenters. The number of anilines is 2. The van der Waals surface area contributed by atoms with Gasteiger partial charge in [-0.1, -0.05) is 12.1 Å². The summed E-state index contributed by atoms with van der Waals surface area (Å²) in [5.41, 5.74) is 3.54. The van der Waals surface area contributed by atoms with Crippen LogP contribution in [0.25, 0.3) is 11.0 Å². The second-order valence-electron chi connectivity index (χ2n) is 7.87. The molecule has 0 bridgehead atoms. The first-order valence-electron chi connectivity index (χ1n) is 9.91. The summed E-state index contributed by atoms with van der Waals surface area (Å²) in [5.74, 6) is 0.0373. The van der Waals surface area contributed by atoms with Crippen molar-refractivity contribution in [2.24, 2.45) is 5.92 Å². The number of carbonyl (C=O) groups excluding carboxylic acids is 1. The molecule has 7 heteroatoms. The first-order chi connectivity index (χ1) is 13.9. The molecule has 0 radical (unpaired) electrons. The van der Waals surface area contributed by atoms with Crippen LogP contribution in [0.5, 0.6) is 0 Å². The summed E-state index contributed by atoms with van der Waals surface area (Å²) in [4.78, 5) is 30.3. The lowest BCUT2D eigenvalue weighted by Gasteiger charge is -2.28. The van der Waals surface area contributed by atoms with Crippen molar-refractivity contribution >= 4 is 44.2 Å². The van der Waals surface area contributed by atoms with Crippen molar-refractivity contribution in [3.63, 3.8) is 0 Å². The summed E-state index contributed by atoms with van der Waals surface area (Å²) in [5, 5.41) is 3.06. The van der Waals surface area contributed by atoms with Crippen molar-refractivity contribution in [2.75, 3.05) is 24.3 Å². The molecule has 1 aliphatic carbocycles. The molecule has 4 rings (SSSR count). The van der Waals surface area contributed by atoms with Crippen molar-refractivity contribution < 1.29 is 4.79 Å². The molecule has 1 aliphatic rings. The average molecular weight is 457 g/mol. The van der Waals surface area contributed by atoms with Gasteiger partial charge in [0, 0.05) is 41.9 Å². The van der Waals surface area contributed by atoms with E-state index in [0.717, 1.165) is 52.6 Å². The van der Waals surface area contributed by atoms with Gasteiger partial charge in [-0.3, -0.25) is 9.36 Å². The van der Waals surface area contributed by atoms with Crippen molar-refractivity contribution in [3.8, 4) is 0 Å². The van der Waals surface area contributed by atoms with Crippen molar-refractivity contribution in [3.05, 3.63) is 57.4 Å². The lowest BCUT2D eigenvalue weighted by molar-refractivity contribution is -0.121. The molecule has 2 aromatic carbocycles. The Hall–Kier alpha value is -2.54. The largest absolute Gasteiger partial charge is 0.378 e. The average Bonchev–Trinajstić information content (AvgIpc) is 3.05. The number of hydrogen-bond donors (Lipinski definition) is 2. The fourth-order valence-electron chi connectivity index (χ4n) is 4.18. The van der Waals surface area contributed by atoms with Gasteiger partial charge >= 0.3 is 5.69 Å². The van der Waals surface area contributed by atoms with Crippen LogP contribution in [0, 0.1) is 5.92 Å². The zero-order valence-electron chi connectivity index (χ0n) is 16.6. The first-order valence-corrected chi connectivity index (χ1v) is 10.7. The number of benzene rings is 2. The van der Waals surface area contributed by atoms with Gasteiger partial charge in [-0.2, -0.15) is 0 Å². The number of aromatic nitrogens is 2. The van der Waals surface area contributed by atoms with Gasteiger partial charge in [0.25, 0.3) is 0 Å². The first kappa shape index (κ1) is 19.8. The summed E-state index contributed by atoms with van der Waals surface area (Å²) in [6.45, 7) is 0. The van der Waals surface area contributed by atoms with E-state index in [-0.39, 0.29) is 23.6 Å². The van der Waals surface area contributed by atoms with Gasteiger partial charge in [0.05, 0.1) is 11.0 Å².